The Morgan fingerprint density at radius 2 is 1.95 bits per heavy atom. The van der Waals surface area contributed by atoms with Gasteiger partial charge in [-0.05, 0) is 38.0 Å². The molecule has 2 aliphatic heterocycles. The Morgan fingerprint density at radius 3 is 2.63 bits per heavy atom. The molecule has 2 heterocycles. The second kappa shape index (κ2) is 7.22. The lowest BCUT2D eigenvalue weighted by molar-refractivity contribution is -0.134. The number of likely N-dealkylation sites (tertiary alicyclic amines) is 2. The fourth-order valence-corrected chi connectivity index (χ4v) is 3.11. The van der Waals surface area contributed by atoms with Crippen molar-refractivity contribution in [2.75, 3.05) is 39.3 Å². The number of hydrogen-bond donors (Lipinski definition) is 2. The van der Waals surface area contributed by atoms with Gasteiger partial charge in [0.2, 0.25) is 5.91 Å². The Bertz CT molecular complexity index is 288. The summed E-state index contributed by atoms with van der Waals surface area (Å²) in [5, 5.41) is 9.01. The first-order valence-corrected chi connectivity index (χ1v) is 7.55. The molecule has 5 nitrogen and oxygen atoms in total. The third kappa shape index (κ3) is 4.44. The number of nitrogens with two attached hydrogens (primary N) is 1. The molecule has 2 aliphatic rings. The highest BCUT2D eigenvalue weighted by atomic mass is 16.3. The maximum atomic E-state index is 12.3. The van der Waals surface area contributed by atoms with Gasteiger partial charge in [0.25, 0.3) is 0 Å². The fourth-order valence-electron chi connectivity index (χ4n) is 3.11. The van der Waals surface area contributed by atoms with E-state index in [1.807, 2.05) is 4.90 Å². The molecule has 1 atom stereocenters. The standard InChI is InChI=1S/C14H27N3O2/c15-13-3-7-16(8-4-13)11-14(19)17-6-1-2-12(10-17)5-9-18/h12-13,18H,1-11,15H2. The molecule has 3 N–H and O–H groups in total. The molecule has 1 amide bonds. The van der Waals surface area contributed by atoms with Crippen molar-refractivity contribution in [3.05, 3.63) is 0 Å². The molecule has 0 aliphatic carbocycles. The Hall–Kier alpha value is -0.650. The molecule has 0 aromatic rings. The largest absolute Gasteiger partial charge is 0.396 e. The van der Waals surface area contributed by atoms with E-state index in [1.165, 1.54) is 0 Å². The SMILES string of the molecule is NC1CCN(CC(=O)N2CCCC(CCO)C2)CC1. The number of aliphatic hydroxyl groups excluding tert-OH is 1. The van der Waals surface area contributed by atoms with Gasteiger partial charge >= 0.3 is 0 Å². The van der Waals surface area contributed by atoms with Crippen LogP contribution in [0.3, 0.4) is 0 Å². The molecule has 5 heteroatoms. The summed E-state index contributed by atoms with van der Waals surface area (Å²) < 4.78 is 0. The Labute approximate surface area is 115 Å². The van der Waals surface area contributed by atoms with E-state index in [9.17, 15) is 4.79 Å². The van der Waals surface area contributed by atoms with Gasteiger partial charge < -0.3 is 15.7 Å². The quantitative estimate of drug-likeness (QED) is 0.755. The van der Waals surface area contributed by atoms with Crippen molar-refractivity contribution in [2.45, 2.75) is 38.1 Å². The summed E-state index contributed by atoms with van der Waals surface area (Å²) >= 11 is 0. The molecule has 110 valence electrons. The number of nitrogens with zero attached hydrogens (tertiary/aromatic N) is 2. The van der Waals surface area contributed by atoms with E-state index in [4.69, 9.17) is 10.8 Å². The summed E-state index contributed by atoms with van der Waals surface area (Å²) in [5.41, 5.74) is 5.88. The van der Waals surface area contributed by atoms with Crippen molar-refractivity contribution in [1.82, 2.24) is 9.80 Å². The van der Waals surface area contributed by atoms with Gasteiger partial charge in [-0.2, -0.15) is 0 Å². The number of amides is 1. The van der Waals surface area contributed by atoms with Crippen LogP contribution in [0.2, 0.25) is 0 Å². The highest BCUT2D eigenvalue weighted by Crippen LogP contribution is 2.19. The van der Waals surface area contributed by atoms with Crippen LogP contribution in [0.1, 0.15) is 32.1 Å². The first-order chi connectivity index (χ1) is 9.19. The van der Waals surface area contributed by atoms with E-state index in [-0.39, 0.29) is 12.5 Å². The van der Waals surface area contributed by atoms with Crippen LogP contribution in [0.5, 0.6) is 0 Å². The van der Waals surface area contributed by atoms with Crippen LogP contribution in [-0.2, 0) is 4.79 Å². The zero-order chi connectivity index (χ0) is 13.7. The first-order valence-electron chi connectivity index (χ1n) is 7.55. The van der Waals surface area contributed by atoms with Crippen LogP contribution in [0, 0.1) is 5.92 Å². The number of carbonyl (C=O) groups excluding carboxylic acids is 1. The van der Waals surface area contributed by atoms with E-state index in [1.54, 1.807) is 0 Å². The Morgan fingerprint density at radius 1 is 1.21 bits per heavy atom. The van der Waals surface area contributed by atoms with E-state index in [0.717, 1.165) is 58.3 Å². The minimum atomic E-state index is 0.233. The zero-order valence-electron chi connectivity index (χ0n) is 11.8. The summed E-state index contributed by atoms with van der Waals surface area (Å²) in [6.07, 6.45) is 5.04. The summed E-state index contributed by atoms with van der Waals surface area (Å²) in [7, 11) is 0. The topological polar surface area (TPSA) is 69.8 Å². The monoisotopic (exact) mass is 269 g/mol. The number of aliphatic hydroxyl groups is 1. The van der Waals surface area contributed by atoms with Gasteiger partial charge in [-0.1, -0.05) is 0 Å². The van der Waals surface area contributed by atoms with Crippen LogP contribution in [0.25, 0.3) is 0 Å². The number of rotatable bonds is 4. The second-order valence-corrected chi connectivity index (χ2v) is 5.97. The third-order valence-electron chi connectivity index (χ3n) is 4.40. The van der Waals surface area contributed by atoms with E-state index in [2.05, 4.69) is 4.90 Å². The molecule has 0 saturated carbocycles. The number of carbonyl (C=O) groups is 1. The molecule has 0 radical (unpaired) electrons. The fraction of sp³-hybridized carbons (Fsp3) is 0.929. The lowest BCUT2D eigenvalue weighted by Gasteiger charge is -2.35. The van der Waals surface area contributed by atoms with Crippen molar-refractivity contribution in [1.29, 1.82) is 0 Å². The Balaban J connectivity index is 1.76. The van der Waals surface area contributed by atoms with Crippen molar-refractivity contribution < 1.29 is 9.90 Å². The Kier molecular flexibility index (Phi) is 5.60. The third-order valence-corrected chi connectivity index (χ3v) is 4.40. The van der Waals surface area contributed by atoms with E-state index >= 15 is 0 Å². The van der Waals surface area contributed by atoms with Gasteiger partial charge in [0.1, 0.15) is 0 Å². The summed E-state index contributed by atoms with van der Waals surface area (Å²) in [6, 6.07) is 0.315. The molecule has 1 unspecified atom stereocenters. The smallest absolute Gasteiger partial charge is 0.236 e. The molecule has 2 fully saturated rings. The predicted octanol–water partition coefficient (Wildman–Crippen LogP) is 0.0305. The van der Waals surface area contributed by atoms with E-state index < -0.39 is 0 Å². The van der Waals surface area contributed by atoms with Gasteiger partial charge in [0.15, 0.2) is 0 Å². The summed E-state index contributed by atoms with van der Waals surface area (Å²) in [5.74, 6) is 0.732. The lowest BCUT2D eigenvalue weighted by atomic mass is 9.95. The van der Waals surface area contributed by atoms with Crippen LogP contribution in [0.15, 0.2) is 0 Å². The molecule has 0 bridgehead atoms. The maximum absolute atomic E-state index is 12.3. The first kappa shape index (κ1) is 14.8. The molecular weight excluding hydrogens is 242 g/mol. The average molecular weight is 269 g/mol. The van der Waals surface area contributed by atoms with Crippen molar-refractivity contribution in [3.63, 3.8) is 0 Å². The van der Waals surface area contributed by atoms with Gasteiger partial charge in [-0.15, -0.1) is 0 Å². The molecule has 2 saturated heterocycles. The zero-order valence-corrected chi connectivity index (χ0v) is 11.8. The molecule has 2 rings (SSSR count). The maximum Gasteiger partial charge on any atom is 0.236 e. The molecule has 0 aromatic heterocycles. The predicted molar refractivity (Wildman–Crippen MR) is 74.7 cm³/mol. The molecule has 0 spiro atoms. The van der Waals surface area contributed by atoms with Crippen molar-refractivity contribution in [2.24, 2.45) is 11.7 Å². The van der Waals surface area contributed by atoms with E-state index in [0.29, 0.717) is 18.5 Å². The minimum absolute atomic E-state index is 0.233. The van der Waals surface area contributed by atoms with Crippen LogP contribution in [0.4, 0.5) is 0 Å². The highest BCUT2D eigenvalue weighted by Gasteiger charge is 2.25. The highest BCUT2D eigenvalue weighted by molar-refractivity contribution is 5.78. The molecular formula is C14H27N3O2. The lowest BCUT2D eigenvalue weighted by Crippen LogP contribution is -2.48. The van der Waals surface area contributed by atoms with Gasteiger partial charge in [-0.3, -0.25) is 9.69 Å². The number of piperidine rings is 2. The molecule has 0 aromatic carbocycles. The summed E-state index contributed by atoms with van der Waals surface area (Å²) in [6.45, 7) is 4.37. The van der Waals surface area contributed by atoms with Gasteiger partial charge in [0.05, 0.1) is 6.54 Å². The normalized spacial score (nSPS) is 26.6. The van der Waals surface area contributed by atoms with Crippen molar-refractivity contribution in [3.8, 4) is 0 Å². The summed E-state index contributed by atoms with van der Waals surface area (Å²) in [4.78, 5) is 16.5. The minimum Gasteiger partial charge on any atom is -0.396 e. The van der Waals surface area contributed by atoms with Crippen molar-refractivity contribution >= 4 is 5.91 Å². The average Bonchev–Trinajstić information content (AvgIpc) is 2.42. The van der Waals surface area contributed by atoms with Crippen LogP contribution >= 0.6 is 0 Å². The second-order valence-electron chi connectivity index (χ2n) is 5.97. The van der Waals surface area contributed by atoms with Gasteiger partial charge in [-0.25, -0.2) is 0 Å². The number of hydrogen-bond acceptors (Lipinski definition) is 4. The van der Waals surface area contributed by atoms with Crippen LogP contribution < -0.4 is 5.73 Å². The molecule has 19 heavy (non-hydrogen) atoms. The van der Waals surface area contributed by atoms with Gasteiger partial charge in [0, 0.05) is 38.8 Å². The van der Waals surface area contributed by atoms with Crippen LogP contribution in [-0.4, -0.2) is 66.2 Å².